The molecule has 1 N–H and O–H groups in total. The van der Waals surface area contributed by atoms with E-state index < -0.39 is 21.5 Å². The second-order valence-corrected chi connectivity index (χ2v) is 7.00. The van der Waals surface area contributed by atoms with Crippen molar-refractivity contribution in [3.63, 3.8) is 0 Å². The zero-order valence-corrected chi connectivity index (χ0v) is 12.1. The highest BCUT2D eigenvalue weighted by molar-refractivity contribution is 7.92. The number of amides is 1. The number of carbonyl (C=O) groups excluding carboxylic acids is 1. The highest BCUT2D eigenvalue weighted by Crippen LogP contribution is 2.15. The topological polar surface area (TPSA) is 113 Å². The second kappa shape index (κ2) is 7.16. The van der Waals surface area contributed by atoms with E-state index in [1.54, 1.807) is 0 Å². The summed E-state index contributed by atoms with van der Waals surface area (Å²) < 4.78 is 23.1. The molecule has 0 aliphatic rings. The lowest BCUT2D eigenvalue weighted by Gasteiger charge is -2.02. The summed E-state index contributed by atoms with van der Waals surface area (Å²) in [5, 5.41) is 19.3. The number of anilines is 1. The molecule has 19 heavy (non-hydrogen) atoms. The number of aryl methyl sites for hydroxylation is 1. The highest BCUT2D eigenvalue weighted by Gasteiger charge is 2.17. The van der Waals surface area contributed by atoms with Crippen molar-refractivity contribution in [1.29, 1.82) is 5.26 Å². The molecule has 7 nitrogen and oxygen atoms in total. The molecule has 0 aliphatic carbocycles. The Morgan fingerprint density at radius 1 is 1.47 bits per heavy atom. The molecule has 1 rings (SSSR count). The molecule has 0 aliphatic heterocycles. The predicted molar refractivity (Wildman–Crippen MR) is 71.4 cm³/mol. The minimum Gasteiger partial charge on any atom is -0.300 e. The fourth-order valence-electron chi connectivity index (χ4n) is 1.25. The van der Waals surface area contributed by atoms with Crippen molar-refractivity contribution in [3.8, 4) is 6.07 Å². The quantitative estimate of drug-likeness (QED) is 0.744. The molecule has 0 saturated carbocycles. The number of nitrogens with one attached hydrogen (secondary N) is 1. The number of nitriles is 1. The van der Waals surface area contributed by atoms with Crippen molar-refractivity contribution in [1.82, 2.24) is 10.2 Å². The Balaban J connectivity index is 2.48. The van der Waals surface area contributed by atoms with Crippen LogP contribution in [0, 0.1) is 11.3 Å². The zero-order chi connectivity index (χ0) is 14.3. The summed E-state index contributed by atoms with van der Waals surface area (Å²) in [7, 11) is -3.48. The van der Waals surface area contributed by atoms with Crippen molar-refractivity contribution in [2.24, 2.45) is 0 Å². The molecule has 0 bridgehead atoms. The molecule has 1 heterocycles. The molecular weight excluding hydrogens is 288 g/mol. The average molecular weight is 302 g/mol. The third-order valence-corrected chi connectivity index (χ3v) is 4.71. The van der Waals surface area contributed by atoms with Crippen molar-refractivity contribution in [2.75, 3.05) is 16.8 Å². The van der Waals surface area contributed by atoms with Crippen LogP contribution >= 0.6 is 11.3 Å². The maximum Gasteiger partial charge on any atom is 0.241 e. The number of aromatic nitrogens is 2. The van der Waals surface area contributed by atoms with Gasteiger partial charge in [0, 0.05) is 6.42 Å². The number of sulfone groups is 1. The van der Waals surface area contributed by atoms with Gasteiger partial charge in [-0.15, -0.1) is 10.2 Å². The Kier molecular flexibility index (Phi) is 5.85. The van der Waals surface area contributed by atoms with E-state index in [9.17, 15) is 13.2 Å². The highest BCUT2D eigenvalue weighted by atomic mass is 32.2. The Bertz CT molecular complexity index is 574. The van der Waals surface area contributed by atoms with E-state index in [2.05, 4.69) is 15.5 Å². The molecule has 0 saturated heterocycles. The number of rotatable bonds is 7. The summed E-state index contributed by atoms with van der Waals surface area (Å²) in [6, 6.07) is 1.86. The summed E-state index contributed by atoms with van der Waals surface area (Å²) in [6.07, 6.45) is 1.11. The zero-order valence-electron chi connectivity index (χ0n) is 10.4. The molecule has 0 spiro atoms. The minimum absolute atomic E-state index is 0.162. The van der Waals surface area contributed by atoms with Gasteiger partial charge in [-0.05, 0) is 12.8 Å². The van der Waals surface area contributed by atoms with Crippen LogP contribution in [0.15, 0.2) is 0 Å². The van der Waals surface area contributed by atoms with Crippen LogP contribution in [0.25, 0.3) is 0 Å². The van der Waals surface area contributed by atoms with Gasteiger partial charge in [-0.3, -0.25) is 10.1 Å². The van der Waals surface area contributed by atoms with Gasteiger partial charge in [0.25, 0.3) is 0 Å². The van der Waals surface area contributed by atoms with Crippen LogP contribution in [0.5, 0.6) is 0 Å². The molecule has 0 unspecified atom stereocenters. The van der Waals surface area contributed by atoms with Gasteiger partial charge in [0.15, 0.2) is 9.84 Å². The van der Waals surface area contributed by atoms with E-state index in [1.165, 1.54) is 11.3 Å². The average Bonchev–Trinajstić information content (AvgIpc) is 2.75. The fraction of sp³-hybridized carbons (Fsp3) is 0.600. The molecule has 9 heteroatoms. The molecule has 0 aromatic carbocycles. The van der Waals surface area contributed by atoms with Crippen molar-refractivity contribution in [2.45, 2.75) is 26.2 Å². The van der Waals surface area contributed by atoms with Gasteiger partial charge in [-0.1, -0.05) is 18.3 Å². The van der Waals surface area contributed by atoms with Gasteiger partial charge in [0.1, 0.15) is 10.8 Å². The van der Waals surface area contributed by atoms with Gasteiger partial charge >= 0.3 is 0 Å². The van der Waals surface area contributed by atoms with Crippen LogP contribution in [0.4, 0.5) is 5.13 Å². The fourth-order valence-corrected chi connectivity index (χ4v) is 3.14. The number of nitrogens with zero attached hydrogens (tertiary/aromatic N) is 3. The summed E-state index contributed by atoms with van der Waals surface area (Å²) in [6.45, 7) is 1.91. The maximum atomic E-state index is 11.6. The van der Waals surface area contributed by atoms with Gasteiger partial charge in [0.2, 0.25) is 11.0 Å². The van der Waals surface area contributed by atoms with Crippen LogP contribution in [0.2, 0.25) is 0 Å². The third kappa shape index (κ3) is 5.76. The Labute approximate surface area is 115 Å². The smallest absolute Gasteiger partial charge is 0.241 e. The minimum atomic E-state index is -3.48. The summed E-state index contributed by atoms with van der Waals surface area (Å²) in [5.41, 5.74) is 0. The summed E-state index contributed by atoms with van der Waals surface area (Å²) in [5.74, 6) is -1.39. The Morgan fingerprint density at radius 2 is 2.21 bits per heavy atom. The molecule has 104 valence electrons. The van der Waals surface area contributed by atoms with Crippen molar-refractivity contribution >= 4 is 32.2 Å². The standard InChI is InChI=1S/C10H14N4O3S2/c1-2-9-13-14-10(18-9)12-8(15)7-19(16,17)6-4-3-5-11/h2-4,6-7H2,1H3,(H,12,14,15). The summed E-state index contributed by atoms with van der Waals surface area (Å²) in [4.78, 5) is 11.5. The molecule has 0 atom stereocenters. The Hall–Kier alpha value is -1.53. The number of carbonyl (C=O) groups is 1. The first-order valence-corrected chi connectivity index (χ1v) is 8.30. The van der Waals surface area contributed by atoms with Crippen LogP contribution in [-0.2, 0) is 21.1 Å². The van der Waals surface area contributed by atoms with E-state index in [4.69, 9.17) is 5.26 Å². The normalized spacial score (nSPS) is 10.9. The van der Waals surface area contributed by atoms with E-state index in [-0.39, 0.29) is 18.6 Å². The first-order valence-electron chi connectivity index (χ1n) is 5.66. The largest absolute Gasteiger partial charge is 0.300 e. The molecule has 0 fully saturated rings. The monoisotopic (exact) mass is 302 g/mol. The Morgan fingerprint density at radius 3 is 2.79 bits per heavy atom. The molecule has 1 amide bonds. The summed E-state index contributed by atoms with van der Waals surface area (Å²) >= 11 is 1.22. The lowest BCUT2D eigenvalue weighted by molar-refractivity contribution is -0.113. The van der Waals surface area contributed by atoms with E-state index in [0.717, 1.165) is 5.01 Å². The second-order valence-electron chi connectivity index (χ2n) is 3.76. The van der Waals surface area contributed by atoms with Crippen LogP contribution < -0.4 is 5.32 Å². The first-order chi connectivity index (χ1) is 8.96. The molecule has 1 aromatic rings. The number of hydrogen-bond donors (Lipinski definition) is 1. The third-order valence-electron chi connectivity index (χ3n) is 2.11. The van der Waals surface area contributed by atoms with Crippen LogP contribution in [0.1, 0.15) is 24.8 Å². The lowest BCUT2D eigenvalue weighted by Crippen LogP contribution is -2.24. The SMILES string of the molecule is CCc1nnc(NC(=O)CS(=O)(=O)CCCC#N)s1. The maximum absolute atomic E-state index is 11.6. The van der Waals surface area contributed by atoms with E-state index in [1.807, 2.05) is 13.0 Å². The predicted octanol–water partition coefficient (Wildman–Crippen LogP) is 0.758. The van der Waals surface area contributed by atoms with Gasteiger partial charge < -0.3 is 0 Å². The van der Waals surface area contributed by atoms with Gasteiger partial charge in [-0.25, -0.2) is 8.42 Å². The molecular formula is C10H14N4O3S2. The number of hydrogen-bond acceptors (Lipinski definition) is 7. The first kappa shape index (κ1) is 15.5. The van der Waals surface area contributed by atoms with Crippen molar-refractivity contribution < 1.29 is 13.2 Å². The number of unbranched alkanes of at least 4 members (excludes halogenated alkanes) is 1. The van der Waals surface area contributed by atoms with Crippen LogP contribution in [0.3, 0.4) is 0 Å². The van der Waals surface area contributed by atoms with E-state index in [0.29, 0.717) is 11.6 Å². The van der Waals surface area contributed by atoms with Crippen molar-refractivity contribution in [3.05, 3.63) is 5.01 Å². The van der Waals surface area contributed by atoms with Gasteiger partial charge in [0.05, 0.1) is 11.8 Å². The van der Waals surface area contributed by atoms with E-state index >= 15 is 0 Å². The molecule has 0 radical (unpaired) electrons. The lowest BCUT2D eigenvalue weighted by atomic mass is 10.4. The van der Waals surface area contributed by atoms with Gasteiger partial charge in [-0.2, -0.15) is 5.26 Å². The molecule has 1 aromatic heterocycles. The van der Waals surface area contributed by atoms with Crippen LogP contribution in [-0.4, -0.2) is 36.0 Å².